The molecule has 0 aliphatic heterocycles. The third kappa shape index (κ3) is 2.79. The zero-order valence-electron chi connectivity index (χ0n) is 13.0. The maximum atomic E-state index is 12.3. The zero-order chi connectivity index (χ0) is 17.3. The quantitative estimate of drug-likeness (QED) is 0.745. The van der Waals surface area contributed by atoms with Crippen LogP contribution in [0.15, 0.2) is 51.7 Å². The van der Waals surface area contributed by atoms with E-state index in [4.69, 9.17) is 4.42 Å². The summed E-state index contributed by atoms with van der Waals surface area (Å²) in [7, 11) is 2.90. The van der Waals surface area contributed by atoms with Crippen LogP contribution in [0.25, 0.3) is 11.1 Å². The van der Waals surface area contributed by atoms with Gasteiger partial charge in [-0.05, 0) is 42.5 Å². The van der Waals surface area contributed by atoms with Crippen LogP contribution >= 0.6 is 0 Å². The average molecular weight is 326 g/mol. The standard InChI is InChI=1S/C17H14N2O5/c1-19-13-8-5-11(9-14(13)24-17(19)22)15(20)18-12-6-3-10(4-7-12)16(21)23-2/h3-9H,1-2H3,(H,18,20). The first-order valence-electron chi connectivity index (χ1n) is 7.09. The lowest BCUT2D eigenvalue weighted by molar-refractivity contribution is 0.0600. The molecule has 24 heavy (non-hydrogen) atoms. The van der Waals surface area contributed by atoms with Crippen LogP contribution in [0.3, 0.4) is 0 Å². The molecule has 1 heterocycles. The molecule has 3 rings (SSSR count). The second-order valence-electron chi connectivity index (χ2n) is 5.13. The Hall–Kier alpha value is -3.35. The van der Waals surface area contributed by atoms with Gasteiger partial charge >= 0.3 is 11.7 Å². The average Bonchev–Trinajstić information content (AvgIpc) is 2.88. The number of hydrogen-bond donors (Lipinski definition) is 1. The molecule has 2 aromatic carbocycles. The lowest BCUT2D eigenvalue weighted by Gasteiger charge is -2.06. The van der Waals surface area contributed by atoms with Crippen LogP contribution in [0, 0.1) is 0 Å². The predicted octanol–water partition coefficient (Wildman–Crippen LogP) is 2.17. The fourth-order valence-corrected chi connectivity index (χ4v) is 2.29. The number of aryl methyl sites for hydroxylation is 1. The number of oxazole rings is 1. The molecule has 7 heteroatoms. The van der Waals surface area contributed by atoms with Crippen molar-refractivity contribution >= 4 is 28.7 Å². The number of benzene rings is 2. The summed E-state index contributed by atoms with van der Waals surface area (Å²) < 4.78 is 11.0. The number of rotatable bonds is 3. The summed E-state index contributed by atoms with van der Waals surface area (Å²) in [5, 5.41) is 2.71. The highest BCUT2D eigenvalue weighted by Crippen LogP contribution is 2.16. The molecule has 0 aliphatic carbocycles. The van der Waals surface area contributed by atoms with Crippen molar-refractivity contribution in [1.29, 1.82) is 0 Å². The first-order chi connectivity index (χ1) is 11.5. The molecule has 122 valence electrons. The number of anilines is 1. The minimum atomic E-state index is -0.485. The maximum absolute atomic E-state index is 12.3. The van der Waals surface area contributed by atoms with Gasteiger partial charge in [0.15, 0.2) is 5.58 Å². The van der Waals surface area contributed by atoms with Crippen molar-refractivity contribution in [1.82, 2.24) is 4.57 Å². The highest BCUT2D eigenvalue weighted by Gasteiger charge is 2.12. The second-order valence-corrected chi connectivity index (χ2v) is 5.13. The van der Waals surface area contributed by atoms with Gasteiger partial charge in [0.2, 0.25) is 0 Å². The fourth-order valence-electron chi connectivity index (χ4n) is 2.29. The minimum absolute atomic E-state index is 0.344. The Morgan fingerprint density at radius 3 is 2.42 bits per heavy atom. The molecule has 0 fully saturated rings. The molecular weight excluding hydrogens is 312 g/mol. The van der Waals surface area contributed by atoms with E-state index in [9.17, 15) is 14.4 Å². The molecule has 1 amide bonds. The summed E-state index contributed by atoms with van der Waals surface area (Å²) in [5.41, 5.74) is 2.23. The number of nitrogens with zero attached hydrogens (tertiary/aromatic N) is 1. The molecule has 0 radical (unpaired) electrons. The topological polar surface area (TPSA) is 90.5 Å². The van der Waals surface area contributed by atoms with Gasteiger partial charge in [-0.1, -0.05) is 0 Å². The number of fused-ring (bicyclic) bond motifs is 1. The van der Waals surface area contributed by atoms with Crippen molar-refractivity contribution in [3.63, 3.8) is 0 Å². The van der Waals surface area contributed by atoms with Gasteiger partial charge in [0.05, 0.1) is 18.2 Å². The Kier molecular flexibility index (Phi) is 3.91. The molecule has 1 aromatic heterocycles. The number of amides is 1. The number of hydrogen-bond acceptors (Lipinski definition) is 5. The highest BCUT2D eigenvalue weighted by molar-refractivity contribution is 6.06. The number of aromatic nitrogens is 1. The predicted molar refractivity (Wildman–Crippen MR) is 87.2 cm³/mol. The summed E-state index contributed by atoms with van der Waals surface area (Å²) >= 11 is 0. The zero-order valence-corrected chi connectivity index (χ0v) is 13.0. The van der Waals surface area contributed by atoms with Crippen LogP contribution in [-0.4, -0.2) is 23.6 Å². The van der Waals surface area contributed by atoms with E-state index in [1.807, 2.05) is 0 Å². The molecule has 0 saturated carbocycles. The van der Waals surface area contributed by atoms with Gasteiger partial charge in [-0.2, -0.15) is 0 Å². The molecule has 3 aromatic rings. The van der Waals surface area contributed by atoms with Crippen molar-refractivity contribution < 1.29 is 18.7 Å². The maximum Gasteiger partial charge on any atom is 0.419 e. The second kappa shape index (κ2) is 6.04. The van der Waals surface area contributed by atoms with Gasteiger partial charge in [-0.25, -0.2) is 9.59 Å². The van der Waals surface area contributed by atoms with E-state index in [0.29, 0.717) is 27.9 Å². The molecular formula is C17H14N2O5. The molecule has 0 unspecified atom stereocenters. The van der Waals surface area contributed by atoms with Gasteiger partial charge < -0.3 is 14.5 Å². The van der Waals surface area contributed by atoms with E-state index in [1.54, 1.807) is 43.4 Å². The Labute approximate surface area is 136 Å². The van der Waals surface area contributed by atoms with Crippen LogP contribution in [0.4, 0.5) is 5.69 Å². The molecule has 0 atom stereocenters. The number of carbonyl (C=O) groups excluding carboxylic acids is 2. The van der Waals surface area contributed by atoms with Gasteiger partial charge in [0.25, 0.3) is 5.91 Å². The van der Waals surface area contributed by atoms with Gasteiger partial charge in [0.1, 0.15) is 0 Å². The van der Waals surface area contributed by atoms with Crippen LogP contribution in [-0.2, 0) is 11.8 Å². The molecule has 0 saturated heterocycles. The smallest absolute Gasteiger partial charge is 0.419 e. The van der Waals surface area contributed by atoms with Gasteiger partial charge in [0, 0.05) is 18.3 Å². The van der Waals surface area contributed by atoms with E-state index in [0.717, 1.165) is 0 Å². The molecule has 0 bridgehead atoms. The Morgan fingerprint density at radius 1 is 1.08 bits per heavy atom. The Balaban J connectivity index is 1.82. The van der Waals surface area contributed by atoms with E-state index in [-0.39, 0.29) is 5.91 Å². The third-order valence-electron chi connectivity index (χ3n) is 3.62. The molecule has 7 nitrogen and oxygen atoms in total. The largest absolute Gasteiger partial charge is 0.465 e. The van der Waals surface area contributed by atoms with Gasteiger partial charge in [-0.15, -0.1) is 0 Å². The number of carbonyl (C=O) groups is 2. The van der Waals surface area contributed by atoms with E-state index in [1.165, 1.54) is 17.7 Å². The van der Waals surface area contributed by atoms with Gasteiger partial charge in [-0.3, -0.25) is 9.36 Å². The summed E-state index contributed by atoms with van der Waals surface area (Å²) in [6.07, 6.45) is 0. The highest BCUT2D eigenvalue weighted by atomic mass is 16.5. The summed E-state index contributed by atoms with van der Waals surface area (Å²) in [6.45, 7) is 0. The van der Waals surface area contributed by atoms with E-state index in [2.05, 4.69) is 10.1 Å². The van der Waals surface area contributed by atoms with Crippen molar-refractivity contribution in [2.75, 3.05) is 12.4 Å². The molecule has 1 N–H and O–H groups in total. The van der Waals surface area contributed by atoms with Crippen LogP contribution < -0.4 is 11.1 Å². The fraction of sp³-hybridized carbons (Fsp3) is 0.118. The summed E-state index contributed by atoms with van der Waals surface area (Å²) in [4.78, 5) is 35.2. The van der Waals surface area contributed by atoms with Crippen molar-refractivity contribution in [2.24, 2.45) is 7.05 Å². The Bertz CT molecular complexity index is 982. The first kappa shape index (κ1) is 15.5. The van der Waals surface area contributed by atoms with E-state index < -0.39 is 11.7 Å². The third-order valence-corrected chi connectivity index (χ3v) is 3.62. The SMILES string of the molecule is COC(=O)c1ccc(NC(=O)c2ccc3c(c2)oc(=O)n3C)cc1. The number of nitrogens with one attached hydrogen (secondary N) is 1. The van der Waals surface area contributed by atoms with E-state index >= 15 is 0 Å². The number of ether oxygens (including phenoxy) is 1. The summed E-state index contributed by atoms with van der Waals surface area (Å²) in [6, 6.07) is 11.1. The lowest BCUT2D eigenvalue weighted by Crippen LogP contribution is -2.12. The molecule has 0 aliphatic rings. The Morgan fingerprint density at radius 2 is 1.75 bits per heavy atom. The van der Waals surface area contributed by atoms with Crippen molar-refractivity contribution in [3.8, 4) is 0 Å². The van der Waals surface area contributed by atoms with Crippen LogP contribution in [0.2, 0.25) is 0 Å². The van der Waals surface area contributed by atoms with Crippen LogP contribution in [0.5, 0.6) is 0 Å². The molecule has 0 spiro atoms. The first-order valence-corrected chi connectivity index (χ1v) is 7.09. The number of methoxy groups -OCH3 is 1. The van der Waals surface area contributed by atoms with Crippen molar-refractivity contribution in [2.45, 2.75) is 0 Å². The lowest BCUT2D eigenvalue weighted by atomic mass is 10.1. The minimum Gasteiger partial charge on any atom is -0.465 e. The van der Waals surface area contributed by atoms with Crippen LogP contribution in [0.1, 0.15) is 20.7 Å². The normalized spacial score (nSPS) is 10.6. The summed E-state index contributed by atoms with van der Waals surface area (Å²) in [5.74, 6) is -1.28. The van der Waals surface area contributed by atoms with Crippen molar-refractivity contribution in [3.05, 3.63) is 64.1 Å². The monoisotopic (exact) mass is 326 g/mol. The number of esters is 1.